The third-order valence-corrected chi connectivity index (χ3v) is 6.62. The average Bonchev–Trinajstić information content (AvgIpc) is 3.19. The van der Waals surface area contributed by atoms with Crippen molar-refractivity contribution < 1.29 is 0 Å². The maximum absolute atomic E-state index is 13.7. The lowest BCUT2D eigenvalue weighted by Gasteiger charge is -2.24. The van der Waals surface area contributed by atoms with Gasteiger partial charge in [-0.2, -0.15) is 0 Å². The molecule has 4 aromatic rings. The number of benzene rings is 2. The Morgan fingerprint density at radius 1 is 1.03 bits per heavy atom. The van der Waals surface area contributed by atoms with Gasteiger partial charge in [0.25, 0.3) is 5.56 Å². The molecule has 0 unspecified atom stereocenters. The highest BCUT2D eigenvalue weighted by Gasteiger charge is 2.25. The van der Waals surface area contributed by atoms with Crippen LogP contribution < -0.4 is 11.2 Å². The summed E-state index contributed by atoms with van der Waals surface area (Å²) in [5.74, 6) is 0. The van der Waals surface area contributed by atoms with Gasteiger partial charge in [-0.05, 0) is 49.1 Å². The molecule has 0 N–H and O–H groups in total. The second-order valence-electron chi connectivity index (χ2n) is 8.55. The molecular weight excluding hydrogens is 424 g/mol. The summed E-state index contributed by atoms with van der Waals surface area (Å²) >= 11 is 6.17. The Morgan fingerprint density at radius 2 is 1.81 bits per heavy atom. The summed E-state index contributed by atoms with van der Waals surface area (Å²) in [5, 5.41) is 0.642. The molecule has 0 saturated heterocycles. The summed E-state index contributed by atoms with van der Waals surface area (Å²) in [6, 6.07) is 15.2. The maximum Gasteiger partial charge on any atom is 0.337 e. The van der Waals surface area contributed by atoms with E-state index in [1.54, 1.807) is 10.9 Å². The molecule has 7 heteroatoms. The minimum atomic E-state index is -0.309. The average molecular weight is 449 g/mol. The van der Waals surface area contributed by atoms with Crippen molar-refractivity contribution in [1.82, 2.24) is 18.7 Å². The van der Waals surface area contributed by atoms with Crippen molar-refractivity contribution in [2.45, 2.75) is 51.6 Å². The molecule has 32 heavy (non-hydrogen) atoms. The molecule has 2 aromatic carbocycles. The van der Waals surface area contributed by atoms with Crippen LogP contribution in [0.25, 0.3) is 16.9 Å². The Balaban J connectivity index is 1.79. The Labute approximate surface area is 190 Å². The van der Waals surface area contributed by atoms with Crippen molar-refractivity contribution in [2.24, 2.45) is 0 Å². The first kappa shape index (κ1) is 20.8. The van der Waals surface area contributed by atoms with E-state index in [0.717, 1.165) is 48.9 Å². The van der Waals surface area contributed by atoms with E-state index in [1.807, 2.05) is 60.0 Å². The van der Waals surface area contributed by atoms with E-state index in [2.05, 4.69) is 4.98 Å². The molecule has 1 aliphatic carbocycles. The van der Waals surface area contributed by atoms with Crippen molar-refractivity contribution in [3.8, 4) is 5.69 Å². The van der Waals surface area contributed by atoms with Gasteiger partial charge in [-0.25, -0.2) is 14.3 Å². The lowest BCUT2D eigenvalue weighted by atomic mass is 9.95. The van der Waals surface area contributed by atoms with Gasteiger partial charge in [-0.3, -0.25) is 9.36 Å². The summed E-state index contributed by atoms with van der Waals surface area (Å²) in [6.07, 6.45) is 6.54. The van der Waals surface area contributed by atoms with Crippen molar-refractivity contribution in [3.63, 3.8) is 0 Å². The fourth-order valence-corrected chi connectivity index (χ4v) is 5.01. The predicted molar refractivity (Wildman–Crippen MR) is 127 cm³/mol. The number of rotatable bonds is 4. The molecule has 0 spiro atoms. The number of hydrogen-bond acceptors (Lipinski definition) is 3. The van der Waals surface area contributed by atoms with Crippen molar-refractivity contribution in [3.05, 3.63) is 91.8 Å². The van der Waals surface area contributed by atoms with Gasteiger partial charge in [0.2, 0.25) is 0 Å². The van der Waals surface area contributed by atoms with Gasteiger partial charge in [0.15, 0.2) is 11.2 Å². The van der Waals surface area contributed by atoms with Crippen LogP contribution in [-0.2, 0) is 6.54 Å². The molecule has 5 rings (SSSR count). The minimum Gasteiger partial charge on any atom is -0.320 e. The molecule has 0 atom stereocenters. The Hall–Kier alpha value is -3.12. The van der Waals surface area contributed by atoms with E-state index in [4.69, 9.17) is 11.6 Å². The number of aryl methyl sites for hydroxylation is 1. The third-order valence-electron chi connectivity index (χ3n) is 6.39. The number of aromatic nitrogens is 4. The molecular formula is C25H25ClN4O2. The standard InChI is InChI=1S/C25H25ClN4O2/c1-17-8-5-6-13-21(17)30-23-22(24(31)29(25(30)32)20-11-3-2-4-12-20)28(16-27-23)15-18-9-7-10-19(26)14-18/h5-10,13-14,16,20H,2-4,11-12,15H2,1H3. The zero-order chi connectivity index (χ0) is 22.2. The second kappa shape index (κ2) is 8.43. The fourth-order valence-electron chi connectivity index (χ4n) is 4.80. The van der Waals surface area contributed by atoms with Crippen molar-refractivity contribution in [1.29, 1.82) is 0 Å². The zero-order valence-electron chi connectivity index (χ0n) is 18.0. The zero-order valence-corrected chi connectivity index (χ0v) is 18.8. The normalized spacial score (nSPS) is 14.8. The molecule has 1 saturated carbocycles. The molecule has 164 valence electrons. The summed E-state index contributed by atoms with van der Waals surface area (Å²) in [4.78, 5) is 32.0. The quantitative estimate of drug-likeness (QED) is 0.447. The number of halogens is 1. The Morgan fingerprint density at radius 3 is 2.56 bits per heavy atom. The predicted octanol–water partition coefficient (Wildman–Crippen LogP) is 4.86. The molecule has 6 nitrogen and oxygen atoms in total. The van der Waals surface area contributed by atoms with Crippen LogP contribution in [0.4, 0.5) is 0 Å². The van der Waals surface area contributed by atoms with Crippen LogP contribution in [-0.4, -0.2) is 18.7 Å². The Kier molecular flexibility index (Phi) is 5.47. The lowest BCUT2D eigenvalue weighted by molar-refractivity contribution is 0.335. The summed E-state index contributed by atoms with van der Waals surface area (Å²) in [7, 11) is 0. The van der Waals surface area contributed by atoms with E-state index in [9.17, 15) is 9.59 Å². The number of hydrogen-bond donors (Lipinski definition) is 0. The highest BCUT2D eigenvalue weighted by Crippen LogP contribution is 2.27. The minimum absolute atomic E-state index is 0.0852. The number of para-hydroxylation sites is 1. The molecule has 0 amide bonds. The van der Waals surface area contributed by atoms with E-state index in [-0.39, 0.29) is 17.3 Å². The van der Waals surface area contributed by atoms with Gasteiger partial charge < -0.3 is 4.57 Å². The van der Waals surface area contributed by atoms with Gasteiger partial charge in [-0.1, -0.05) is 61.2 Å². The second-order valence-corrected chi connectivity index (χ2v) is 8.98. The van der Waals surface area contributed by atoms with Crippen LogP contribution in [0.2, 0.25) is 5.02 Å². The van der Waals surface area contributed by atoms with E-state index in [1.165, 1.54) is 4.57 Å². The van der Waals surface area contributed by atoms with Gasteiger partial charge in [-0.15, -0.1) is 0 Å². The fraction of sp³-hybridized carbons (Fsp3) is 0.320. The van der Waals surface area contributed by atoms with Crippen LogP contribution in [0, 0.1) is 6.92 Å². The van der Waals surface area contributed by atoms with Crippen molar-refractivity contribution >= 4 is 22.8 Å². The molecule has 0 aliphatic heterocycles. The van der Waals surface area contributed by atoms with Gasteiger partial charge in [0.1, 0.15) is 0 Å². The maximum atomic E-state index is 13.7. The van der Waals surface area contributed by atoms with Crippen LogP contribution in [0.3, 0.4) is 0 Å². The van der Waals surface area contributed by atoms with Crippen LogP contribution >= 0.6 is 11.6 Å². The van der Waals surface area contributed by atoms with E-state index >= 15 is 0 Å². The monoisotopic (exact) mass is 448 g/mol. The van der Waals surface area contributed by atoms with Gasteiger partial charge in [0.05, 0.1) is 12.0 Å². The molecule has 2 heterocycles. The number of imidazole rings is 1. The van der Waals surface area contributed by atoms with Gasteiger partial charge >= 0.3 is 5.69 Å². The summed E-state index contributed by atoms with van der Waals surface area (Å²) in [6.45, 7) is 2.41. The third kappa shape index (κ3) is 3.58. The van der Waals surface area contributed by atoms with E-state index in [0.29, 0.717) is 22.7 Å². The summed E-state index contributed by atoms with van der Waals surface area (Å²) < 4.78 is 4.91. The summed E-state index contributed by atoms with van der Waals surface area (Å²) in [5.41, 5.74) is 2.93. The highest BCUT2D eigenvalue weighted by atomic mass is 35.5. The van der Waals surface area contributed by atoms with Crippen LogP contribution in [0.15, 0.2) is 64.4 Å². The first-order chi connectivity index (χ1) is 15.5. The number of nitrogens with zero attached hydrogens (tertiary/aromatic N) is 4. The van der Waals surface area contributed by atoms with E-state index < -0.39 is 0 Å². The molecule has 1 fully saturated rings. The lowest BCUT2D eigenvalue weighted by Crippen LogP contribution is -2.43. The highest BCUT2D eigenvalue weighted by molar-refractivity contribution is 6.30. The molecule has 0 radical (unpaired) electrons. The first-order valence-electron chi connectivity index (χ1n) is 11.1. The van der Waals surface area contributed by atoms with Crippen LogP contribution in [0.1, 0.15) is 49.3 Å². The smallest absolute Gasteiger partial charge is 0.320 e. The van der Waals surface area contributed by atoms with Crippen molar-refractivity contribution in [2.75, 3.05) is 0 Å². The number of fused-ring (bicyclic) bond motifs is 1. The van der Waals surface area contributed by atoms with Crippen LogP contribution in [0.5, 0.6) is 0 Å². The Bertz CT molecular complexity index is 1410. The SMILES string of the molecule is Cc1ccccc1-n1c(=O)n(C2CCCCC2)c(=O)c2c1ncn2Cc1cccc(Cl)c1. The van der Waals surface area contributed by atoms with Gasteiger partial charge in [0, 0.05) is 17.6 Å². The largest absolute Gasteiger partial charge is 0.337 e. The molecule has 0 bridgehead atoms. The molecule has 2 aromatic heterocycles. The topological polar surface area (TPSA) is 61.8 Å². The molecule has 1 aliphatic rings. The first-order valence-corrected chi connectivity index (χ1v) is 11.5.